The number of hydrogen-bond donors (Lipinski definition) is 0. The number of para-hydroxylation sites is 2. The maximum absolute atomic E-state index is 14.1. The number of nitrogens with zero attached hydrogens (tertiary/aromatic N) is 3. The smallest absolute Gasteiger partial charge is 0.253 e. The number of imide groups is 1. The fraction of sp³-hybridized carbons (Fsp3) is 0.320. The summed E-state index contributed by atoms with van der Waals surface area (Å²) in [5.74, 6) is -1.77. The Labute approximate surface area is 180 Å². The van der Waals surface area contributed by atoms with E-state index < -0.39 is 17.4 Å². The van der Waals surface area contributed by atoms with Crippen LogP contribution in [-0.4, -0.2) is 41.8 Å². The molecule has 0 saturated carbocycles. The van der Waals surface area contributed by atoms with Crippen LogP contribution in [0.2, 0.25) is 0 Å². The third kappa shape index (κ3) is 2.08. The second kappa shape index (κ2) is 6.37. The molecule has 31 heavy (non-hydrogen) atoms. The molecule has 6 nitrogen and oxygen atoms in total. The minimum atomic E-state index is -1.12. The Bertz CT molecular complexity index is 1130. The Morgan fingerprint density at radius 1 is 1.00 bits per heavy atom. The Kier molecular flexibility index (Phi) is 3.81. The van der Waals surface area contributed by atoms with Crippen molar-refractivity contribution in [3.8, 4) is 0 Å². The molecule has 0 unspecified atom stereocenters. The van der Waals surface area contributed by atoms with Crippen LogP contribution in [0.1, 0.15) is 18.4 Å². The van der Waals surface area contributed by atoms with Gasteiger partial charge >= 0.3 is 0 Å². The summed E-state index contributed by atoms with van der Waals surface area (Å²) < 4.78 is 0. The van der Waals surface area contributed by atoms with E-state index in [-0.39, 0.29) is 23.8 Å². The van der Waals surface area contributed by atoms with Crippen LogP contribution in [0.3, 0.4) is 0 Å². The summed E-state index contributed by atoms with van der Waals surface area (Å²) in [5.41, 5.74) is 1.12. The third-order valence-corrected chi connectivity index (χ3v) is 7.47. The molecule has 0 N–H and O–H groups in total. The van der Waals surface area contributed by atoms with Gasteiger partial charge in [-0.2, -0.15) is 0 Å². The van der Waals surface area contributed by atoms with Crippen molar-refractivity contribution in [3.63, 3.8) is 0 Å². The number of fused-ring (bicyclic) bond motifs is 7. The zero-order valence-corrected chi connectivity index (χ0v) is 17.1. The van der Waals surface area contributed by atoms with Crippen LogP contribution in [0.5, 0.6) is 0 Å². The van der Waals surface area contributed by atoms with E-state index in [0.29, 0.717) is 18.8 Å². The average Bonchev–Trinajstić information content (AvgIpc) is 3.48. The first-order chi connectivity index (χ1) is 15.1. The number of anilines is 2. The fourth-order valence-electron chi connectivity index (χ4n) is 6.48. The lowest BCUT2D eigenvalue weighted by molar-refractivity contribution is -0.137. The summed E-state index contributed by atoms with van der Waals surface area (Å²) in [7, 11) is 0. The molecule has 4 atom stereocenters. The number of rotatable bonds is 3. The largest absolute Gasteiger partial charge is 0.306 e. The van der Waals surface area contributed by atoms with E-state index in [0.717, 1.165) is 24.1 Å². The molecule has 6 rings (SSSR count). The molecule has 3 fully saturated rings. The predicted octanol–water partition coefficient (Wildman–Crippen LogP) is 2.70. The summed E-state index contributed by atoms with van der Waals surface area (Å²) in [5, 5.41) is 0. The van der Waals surface area contributed by atoms with Crippen molar-refractivity contribution in [1.82, 2.24) is 4.90 Å². The summed E-state index contributed by atoms with van der Waals surface area (Å²) in [4.78, 5) is 46.9. The van der Waals surface area contributed by atoms with Gasteiger partial charge in [-0.05, 0) is 37.6 Å². The van der Waals surface area contributed by atoms with Crippen molar-refractivity contribution in [2.45, 2.75) is 24.4 Å². The molecule has 2 aromatic rings. The van der Waals surface area contributed by atoms with Crippen LogP contribution in [0.15, 0.2) is 67.3 Å². The van der Waals surface area contributed by atoms with Gasteiger partial charge in [0.05, 0.1) is 17.5 Å². The zero-order chi connectivity index (χ0) is 21.3. The Balaban J connectivity index is 1.58. The van der Waals surface area contributed by atoms with Crippen molar-refractivity contribution < 1.29 is 14.4 Å². The number of carbonyl (C=O) groups excluding carboxylic acids is 3. The lowest BCUT2D eigenvalue weighted by atomic mass is 9.75. The van der Waals surface area contributed by atoms with Gasteiger partial charge in [0, 0.05) is 23.8 Å². The minimum absolute atomic E-state index is 0.101. The van der Waals surface area contributed by atoms with Crippen LogP contribution >= 0.6 is 0 Å². The molecule has 1 spiro atoms. The van der Waals surface area contributed by atoms with Gasteiger partial charge in [-0.25, -0.2) is 4.90 Å². The van der Waals surface area contributed by atoms with Gasteiger partial charge in [0.25, 0.3) is 5.91 Å². The van der Waals surface area contributed by atoms with E-state index in [1.54, 1.807) is 23.1 Å². The fourth-order valence-corrected chi connectivity index (χ4v) is 6.48. The second-order valence-corrected chi connectivity index (χ2v) is 8.74. The molecule has 3 saturated heterocycles. The second-order valence-electron chi connectivity index (χ2n) is 8.74. The highest BCUT2D eigenvalue weighted by Crippen LogP contribution is 2.61. The van der Waals surface area contributed by atoms with Gasteiger partial charge in [-0.15, -0.1) is 6.58 Å². The summed E-state index contributed by atoms with van der Waals surface area (Å²) in [6, 6.07) is 16.7. The van der Waals surface area contributed by atoms with Crippen molar-refractivity contribution in [1.29, 1.82) is 0 Å². The monoisotopic (exact) mass is 413 g/mol. The SMILES string of the molecule is C=CCN1C(=O)[C@]2(c3ccccc31)[C@H]1C(=O)N(c3ccccc3)C(=O)[C@@H]1[C@H]1CCCN12. The van der Waals surface area contributed by atoms with E-state index >= 15 is 0 Å². The predicted molar refractivity (Wildman–Crippen MR) is 116 cm³/mol. The van der Waals surface area contributed by atoms with Gasteiger partial charge in [-0.3, -0.25) is 19.3 Å². The Hall–Kier alpha value is -3.25. The molecule has 0 radical (unpaired) electrons. The number of hydrogen-bond acceptors (Lipinski definition) is 4. The molecular weight excluding hydrogens is 390 g/mol. The maximum Gasteiger partial charge on any atom is 0.253 e. The standard InChI is InChI=1S/C25H23N3O3/c1-2-14-26-18-12-7-6-11-17(18)25(24(26)31)21-20(19-13-8-15-27(19)25)22(29)28(23(21)30)16-9-4-3-5-10-16/h2-7,9-12,19-21H,1,8,13-15H2/t19-,20-,21-,25+/m1/s1. The van der Waals surface area contributed by atoms with Gasteiger partial charge in [0.2, 0.25) is 11.8 Å². The van der Waals surface area contributed by atoms with Crippen molar-refractivity contribution in [3.05, 3.63) is 72.8 Å². The summed E-state index contributed by atoms with van der Waals surface area (Å²) in [6.45, 7) is 4.91. The molecule has 4 aliphatic heterocycles. The maximum atomic E-state index is 14.1. The van der Waals surface area contributed by atoms with Crippen LogP contribution in [-0.2, 0) is 19.9 Å². The topological polar surface area (TPSA) is 60.9 Å². The van der Waals surface area contributed by atoms with Crippen LogP contribution in [0.4, 0.5) is 11.4 Å². The number of benzene rings is 2. The first kappa shape index (κ1) is 18.5. The van der Waals surface area contributed by atoms with Crippen molar-refractivity contribution in [2.24, 2.45) is 11.8 Å². The Morgan fingerprint density at radius 3 is 2.52 bits per heavy atom. The van der Waals surface area contributed by atoms with Crippen LogP contribution in [0.25, 0.3) is 0 Å². The number of amides is 3. The molecular formula is C25H23N3O3. The molecule has 4 heterocycles. The van der Waals surface area contributed by atoms with Gasteiger partial charge in [-0.1, -0.05) is 42.5 Å². The van der Waals surface area contributed by atoms with E-state index in [1.807, 2.05) is 42.5 Å². The van der Waals surface area contributed by atoms with Gasteiger partial charge < -0.3 is 4.90 Å². The van der Waals surface area contributed by atoms with Crippen LogP contribution in [0, 0.1) is 11.8 Å². The van der Waals surface area contributed by atoms with Gasteiger partial charge in [0.15, 0.2) is 0 Å². The summed E-state index contributed by atoms with van der Waals surface area (Å²) >= 11 is 0. The minimum Gasteiger partial charge on any atom is -0.306 e. The normalized spacial score (nSPS) is 31.5. The molecule has 0 bridgehead atoms. The lowest BCUT2D eigenvalue weighted by Crippen LogP contribution is -2.56. The average molecular weight is 413 g/mol. The molecule has 156 valence electrons. The first-order valence-corrected chi connectivity index (χ1v) is 10.8. The molecule has 2 aromatic carbocycles. The lowest BCUT2D eigenvalue weighted by Gasteiger charge is -2.37. The third-order valence-electron chi connectivity index (χ3n) is 7.47. The van der Waals surface area contributed by atoms with Crippen molar-refractivity contribution >= 4 is 29.1 Å². The van der Waals surface area contributed by atoms with E-state index in [4.69, 9.17) is 0 Å². The summed E-state index contributed by atoms with van der Waals surface area (Å²) in [6.07, 6.45) is 3.44. The van der Waals surface area contributed by atoms with E-state index in [1.165, 1.54) is 4.90 Å². The molecule has 4 aliphatic rings. The highest BCUT2D eigenvalue weighted by Gasteiger charge is 2.75. The first-order valence-electron chi connectivity index (χ1n) is 10.8. The van der Waals surface area contributed by atoms with Crippen molar-refractivity contribution in [2.75, 3.05) is 22.9 Å². The van der Waals surface area contributed by atoms with E-state index in [9.17, 15) is 14.4 Å². The molecule has 0 aliphatic carbocycles. The quantitative estimate of drug-likeness (QED) is 0.574. The molecule has 0 aromatic heterocycles. The van der Waals surface area contributed by atoms with Crippen LogP contribution < -0.4 is 9.80 Å². The highest BCUT2D eigenvalue weighted by molar-refractivity contribution is 6.26. The van der Waals surface area contributed by atoms with Gasteiger partial charge in [0.1, 0.15) is 5.54 Å². The van der Waals surface area contributed by atoms with E-state index in [2.05, 4.69) is 11.5 Å². The highest BCUT2D eigenvalue weighted by atomic mass is 16.2. The number of carbonyl (C=O) groups is 3. The molecule has 6 heteroatoms. The zero-order valence-electron chi connectivity index (χ0n) is 17.1. The Morgan fingerprint density at radius 2 is 1.74 bits per heavy atom. The molecule has 3 amide bonds.